The second-order valence-electron chi connectivity index (χ2n) is 7.09. The van der Waals surface area contributed by atoms with Crippen molar-refractivity contribution in [2.75, 3.05) is 48.9 Å². The fourth-order valence-corrected chi connectivity index (χ4v) is 3.39. The number of nitrogens with zero attached hydrogens (tertiary/aromatic N) is 1. The molecular formula is C22H27FN4O3. The lowest BCUT2D eigenvalue weighted by Gasteiger charge is -2.22. The van der Waals surface area contributed by atoms with Crippen molar-refractivity contribution in [1.29, 1.82) is 0 Å². The highest BCUT2D eigenvalue weighted by atomic mass is 19.1. The predicted molar refractivity (Wildman–Crippen MR) is 116 cm³/mol. The largest absolute Gasteiger partial charge is 0.385 e. The van der Waals surface area contributed by atoms with Gasteiger partial charge in [0, 0.05) is 44.7 Å². The van der Waals surface area contributed by atoms with Gasteiger partial charge >= 0.3 is 6.03 Å². The maximum absolute atomic E-state index is 13.7. The van der Waals surface area contributed by atoms with Crippen molar-refractivity contribution in [2.24, 2.45) is 0 Å². The molecule has 0 radical (unpaired) electrons. The molecule has 7 nitrogen and oxygen atoms in total. The first kappa shape index (κ1) is 21.6. The van der Waals surface area contributed by atoms with Crippen LogP contribution >= 0.6 is 0 Å². The minimum absolute atomic E-state index is 0.0831. The van der Waals surface area contributed by atoms with E-state index >= 15 is 0 Å². The van der Waals surface area contributed by atoms with E-state index in [9.17, 15) is 14.0 Å². The Balaban J connectivity index is 1.74. The molecule has 3 amide bonds. The molecular weight excluding hydrogens is 387 g/mol. The summed E-state index contributed by atoms with van der Waals surface area (Å²) in [6, 6.07) is 10.6. The Labute approximate surface area is 175 Å². The van der Waals surface area contributed by atoms with Crippen molar-refractivity contribution in [3.05, 3.63) is 53.8 Å². The van der Waals surface area contributed by atoms with Crippen molar-refractivity contribution in [2.45, 2.75) is 19.3 Å². The molecule has 30 heavy (non-hydrogen) atoms. The number of carbonyl (C=O) groups excluding carboxylic acids is 2. The molecule has 0 saturated carbocycles. The lowest BCUT2D eigenvalue weighted by atomic mass is 10.1. The number of hydrogen-bond donors (Lipinski definition) is 3. The van der Waals surface area contributed by atoms with E-state index in [0.717, 1.165) is 31.6 Å². The summed E-state index contributed by atoms with van der Waals surface area (Å²) in [4.78, 5) is 27.3. The first-order valence-electron chi connectivity index (χ1n) is 10.1. The van der Waals surface area contributed by atoms with Crippen LogP contribution in [0.25, 0.3) is 0 Å². The van der Waals surface area contributed by atoms with E-state index in [-0.39, 0.29) is 11.6 Å². The third kappa shape index (κ3) is 5.70. The van der Waals surface area contributed by atoms with E-state index in [1.54, 1.807) is 31.4 Å². The Bertz CT molecular complexity index is 884. The SMILES string of the molecule is COCCCNC(=O)c1cc(NC(=O)Nc2ccccc2F)ccc1N1CCCC1. The number of para-hydroxylation sites is 1. The van der Waals surface area contributed by atoms with E-state index in [1.807, 2.05) is 6.07 Å². The Morgan fingerprint density at radius 1 is 1.10 bits per heavy atom. The Kier molecular flexibility index (Phi) is 7.62. The number of ether oxygens (including phenoxy) is 1. The molecule has 3 rings (SSSR count). The smallest absolute Gasteiger partial charge is 0.323 e. The van der Waals surface area contributed by atoms with E-state index in [0.29, 0.717) is 30.8 Å². The zero-order chi connectivity index (χ0) is 21.3. The molecule has 0 bridgehead atoms. The fraction of sp³-hybridized carbons (Fsp3) is 0.364. The number of amides is 3. The molecule has 0 spiro atoms. The van der Waals surface area contributed by atoms with Gasteiger partial charge < -0.3 is 25.6 Å². The maximum Gasteiger partial charge on any atom is 0.323 e. The minimum atomic E-state index is -0.583. The van der Waals surface area contributed by atoms with Crippen molar-refractivity contribution in [3.8, 4) is 0 Å². The molecule has 2 aromatic rings. The zero-order valence-corrected chi connectivity index (χ0v) is 17.0. The zero-order valence-electron chi connectivity index (χ0n) is 17.0. The number of rotatable bonds is 8. The van der Waals surface area contributed by atoms with Crippen LogP contribution < -0.4 is 20.9 Å². The quantitative estimate of drug-likeness (QED) is 0.573. The molecule has 8 heteroatoms. The third-order valence-electron chi connectivity index (χ3n) is 4.88. The summed E-state index contributed by atoms with van der Waals surface area (Å²) in [6.07, 6.45) is 2.88. The average molecular weight is 414 g/mol. The fourth-order valence-electron chi connectivity index (χ4n) is 3.39. The molecule has 0 atom stereocenters. The van der Waals surface area contributed by atoms with Gasteiger partial charge in [0.1, 0.15) is 5.82 Å². The first-order valence-corrected chi connectivity index (χ1v) is 10.1. The van der Waals surface area contributed by atoms with Gasteiger partial charge in [-0.25, -0.2) is 9.18 Å². The third-order valence-corrected chi connectivity index (χ3v) is 4.88. The molecule has 1 aliphatic heterocycles. The van der Waals surface area contributed by atoms with Crippen LogP contribution in [-0.2, 0) is 4.74 Å². The van der Waals surface area contributed by atoms with Crippen LogP contribution in [0.2, 0.25) is 0 Å². The van der Waals surface area contributed by atoms with E-state index in [2.05, 4.69) is 20.9 Å². The minimum Gasteiger partial charge on any atom is -0.385 e. The van der Waals surface area contributed by atoms with Crippen molar-refractivity contribution in [1.82, 2.24) is 5.32 Å². The number of methoxy groups -OCH3 is 1. The van der Waals surface area contributed by atoms with Crippen molar-refractivity contribution >= 4 is 29.0 Å². The summed E-state index contributed by atoms with van der Waals surface area (Å²) >= 11 is 0. The van der Waals surface area contributed by atoms with Gasteiger partial charge in [-0.1, -0.05) is 12.1 Å². The topological polar surface area (TPSA) is 82.7 Å². The standard InChI is InChI=1S/C22H27FN4O3/c1-30-14-6-11-24-21(28)17-15-16(9-10-20(17)27-12-4-5-13-27)25-22(29)26-19-8-3-2-7-18(19)23/h2-3,7-10,15H,4-6,11-14H2,1H3,(H,24,28)(H2,25,26,29). The summed E-state index contributed by atoms with van der Waals surface area (Å²) in [6.45, 7) is 2.85. The van der Waals surface area contributed by atoms with Gasteiger partial charge in [0.05, 0.1) is 11.3 Å². The normalized spacial score (nSPS) is 13.2. The predicted octanol–water partition coefficient (Wildman–Crippen LogP) is 3.84. The molecule has 0 aliphatic carbocycles. The summed E-state index contributed by atoms with van der Waals surface area (Å²) < 4.78 is 18.8. The Morgan fingerprint density at radius 2 is 1.87 bits per heavy atom. The molecule has 2 aromatic carbocycles. The first-order chi connectivity index (χ1) is 14.6. The van der Waals surface area contributed by atoms with Crippen LogP contribution in [0.15, 0.2) is 42.5 Å². The second kappa shape index (κ2) is 10.6. The highest BCUT2D eigenvalue weighted by molar-refractivity contribution is 6.04. The second-order valence-corrected chi connectivity index (χ2v) is 7.09. The summed E-state index contributed by atoms with van der Waals surface area (Å²) in [5.74, 6) is -0.723. The van der Waals surface area contributed by atoms with Gasteiger partial charge in [0.25, 0.3) is 5.91 Å². The molecule has 1 fully saturated rings. The molecule has 160 valence electrons. The number of hydrogen-bond acceptors (Lipinski definition) is 4. The molecule has 1 aliphatic rings. The van der Waals surface area contributed by atoms with Crippen LogP contribution in [-0.4, -0.2) is 45.3 Å². The van der Waals surface area contributed by atoms with Gasteiger partial charge in [-0.05, 0) is 49.6 Å². The van der Waals surface area contributed by atoms with E-state index in [1.165, 1.54) is 12.1 Å². The summed E-state index contributed by atoms with van der Waals surface area (Å²) in [5, 5.41) is 8.05. The number of benzene rings is 2. The van der Waals surface area contributed by atoms with Crippen LogP contribution in [0.5, 0.6) is 0 Å². The molecule has 0 aromatic heterocycles. The molecule has 3 N–H and O–H groups in total. The van der Waals surface area contributed by atoms with Crippen LogP contribution in [0, 0.1) is 5.82 Å². The number of nitrogens with one attached hydrogen (secondary N) is 3. The van der Waals surface area contributed by atoms with E-state index in [4.69, 9.17) is 4.74 Å². The van der Waals surface area contributed by atoms with E-state index < -0.39 is 11.8 Å². The monoisotopic (exact) mass is 414 g/mol. The van der Waals surface area contributed by atoms with Gasteiger partial charge in [-0.3, -0.25) is 4.79 Å². The van der Waals surface area contributed by atoms with Gasteiger partial charge in [0.15, 0.2) is 0 Å². The Hall–Kier alpha value is -3.13. The maximum atomic E-state index is 13.7. The van der Waals surface area contributed by atoms with Gasteiger partial charge in [0.2, 0.25) is 0 Å². The molecule has 1 saturated heterocycles. The molecule has 1 heterocycles. The Morgan fingerprint density at radius 3 is 2.60 bits per heavy atom. The lowest BCUT2D eigenvalue weighted by Crippen LogP contribution is -2.29. The highest BCUT2D eigenvalue weighted by Crippen LogP contribution is 2.28. The van der Waals surface area contributed by atoms with Crippen molar-refractivity contribution in [3.63, 3.8) is 0 Å². The summed E-state index contributed by atoms with van der Waals surface area (Å²) in [7, 11) is 1.62. The van der Waals surface area contributed by atoms with Gasteiger partial charge in [-0.2, -0.15) is 0 Å². The lowest BCUT2D eigenvalue weighted by molar-refractivity contribution is 0.0949. The van der Waals surface area contributed by atoms with Crippen LogP contribution in [0.3, 0.4) is 0 Å². The van der Waals surface area contributed by atoms with Crippen LogP contribution in [0.4, 0.5) is 26.2 Å². The van der Waals surface area contributed by atoms with Crippen molar-refractivity contribution < 1.29 is 18.7 Å². The number of urea groups is 1. The molecule has 0 unspecified atom stereocenters. The number of carbonyl (C=O) groups is 2. The number of anilines is 3. The van der Waals surface area contributed by atoms with Gasteiger partial charge in [-0.15, -0.1) is 0 Å². The highest BCUT2D eigenvalue weighted by Gasteiger charge is 2.20. The number of halogens is 1. The average Bonchev–Trinajstić information content (AvgIpc) is 3.27. The summed E-state index contributed by atoms with van der Waals surface area (Å²) in [5.41, 5.74) is 1.88. The van der Waals surface area contributed by atoms with Crippen LogP contribution in [0.1, 0.15) is 29.6 Å².